The van der Waals surface area contributed by atoms with Gasteiger partial charge in [-0.25, -0.2) is 0 Å². The van der Waals surface area contributed by atoms with Crippen LogP contribution in [0.1, 0.15) is 38.7 Å². The Morgan fingerprint density at radius 2 is 1.87 bits per heavy atom. The molecule has 1 aliphatic rings. The van der Waals surface area contributed by atoms with E-state index < -0.39 is 0 Å². The average Bonchev–Trinajstić information content (AvgIpc) is 2.54. The Kier molecular flexibility index (Phi) is 6.44. The van der Waals surface area contributed by atoms with Crippen molar-refractivity contribution >= 4 is 11.8 Å². The van der Waals surface area contributed by atoms with Crippen LogP contribution < -0.4 is 10.1 Å². The zero-order valence-corrected chi connectivity index (χ0v) is 14.0. The van der Waals surface area contributed by atoms with Gasteiger partial charge in [-0.3, -0.25) is 9.59 Å². The molecule has 0 aromatic heterocycles. The highest BCUT2D eigenvalue weighted by Crippen LogP contribution is 2.15. The maximum absolute atomic E-state index is 12.2. The first kappa shape index (κ1) is 17.3. The summed E-state index contributed by atoms with van der Waals surface area (Å²) < 4.78 is 5.58. The predicted molar refractivity (Wildman–Crippen MR) is 89.4 cm³/mol. The number of nitrogens with one attached hydrogen (secondary N) is 1. The van der Waals surface area contributed by atoms with Gasteiger partial charge in [0.15, 0.2) is 6.61 Å². The molecule has 1 N–H and O–H groups in total. The minimum Gasteiger partial charge on any atom is -0.484 e. The highest BCUT2D eigenvalue weighted by molar-refractivity contribution is 5.78. The number of aryl methyl sites for hydroxylation is 1. The van der Waals surface area contributed by atoms with E-state index >= 15 is 0 Å². The number of carbonyl (C=O) groups is 2. The predicted octanol–water partition coefficient (Wildman–Crippen LogP) is 2.14. The summed E-state index contributed by atoms with van der Waals surface area (Å²) in [6.45, 7) is 5.08. The summed E-state index contributed by atoms with van der Waals surface area (Å²) in [6, 6.07) is 8.11. The Hall–Kier alpha value is -2.04. The van der Waals surface area contributed by atoms with E-state index in [1.165, 1.54) is 12.5 Å². The number of rotatable bonds is 6. The molecule has 23 heavy (non-hydrogen) atoms. The van der Waals surface area contributed by atoms with E-state index in [2.05, 4.69) is 12.2 Å². The van der Waals surface area contributed by atoms with Crippen LogP contribution in [0.25, 0.3) is 0 Å². The summed E-state index contributed by atoms with van der Waals surface area (Å²) >= 11 is 0. The Bertz CT molecular complexity index is 520. The van der Waals surface area contributed by atoms with Gasteiger partial charge in [-0.15, -0.1) is 0 Å². The van der Waals surface area contributed by atoms with Crippen LogP contribution in [0.4, 0.5) is 0 Å². The number of ether oxygens (including phenoxy) is 1. The van der Waals surface area contributed by atoms with E-state index in [4.69, 9.17) is 4.74 Å². The number of hydrogen-bond donors (Lipinski definition) is 1. The van der Waals surface area contributed by atoms with Crippen LogP contribution in [-0.4, -0.2) is 42.5 Å². The molecule has 1 aromatic rings. The second-order valence-electron chi connectivity index (χ2n) is 6.04. The first-order valence-electron chi connectivity index (χ1n) is 8.35. The van der Waals surface area contributed by atoms with E-state index in [1.54, 1.807) is 0 Å². The van der Waals surface area contributed by atoms with Crippen molar-refractivity contribution in [3.05, 3.63) is 29.8 Å². The molecule has 1 aromatic carbocycles. The molecule has 5 nitrogen and oxygen atoms in total. The van der Waals surface area contributed by atoms with E-state index in [-0.39, 0.29) is 24.5 Å². The summed E-state index contributed by atoms with van der Waals surface area (Å²) in [5.41, 5.74) is 1.28. The normalized spacial score (nSPS) is 15.3. The number of nitrogens with zero attached hydrogens (tertiary/aromatic N) is 1. The third-order valence-corrected chi connectivity index (χ3v) is 4.08. The Labute approximate surface area is 138 Å². The number of amides is 2. The van der Waals surface area contributed by atoms with E-state index in [9.17, 15) is 9.59 Å². The minimum atomic E-state index is -0.00960. The molecule has 1 aliphatic heterocycles. The Morgan fingerprint density at radius 1 is 1.22 bits per heavy atom. The van der Waals surface area contributed by atoms with E-state index in [1.807, 2.05) is 29.2 Å². The van der Waals surface area contributed by atoms with Crippen molar-refractivity contribution in [2.75, 3.05) is 19.7 Å². The van der Waals surface area contributed by atoms with Crippen LogP contribution in [0, 0.1) is 0 Å². The highest BCUT2D eigenvalue weighted by atomic mass is 16.5. The molecule has 0 aliphatic carbocycles. The molecule has 2 rings (SSSR count). The molecule has 0 unspecified atom stereocenters. The quantitative estimate of drug-likeness (QED) is 0.874. The monoisotopic (exact) mass is 318 g/mol. The van der Waals surface area contributed by atoms with Crippen LogP contribution in [0.2, 0.25) is 0 Å². The summed E-state index contributed by atoms with van der Waals surface area (Å²) in [5.74, 6) is 0.722. The van der Waals surface area contributed by atoms with Gasteiger partial charge in [0.05, 0.1) is 0 Å². The van der Waals surface area contributed by atoms with Gasteiger partial charge < -0.3 is 15.0 Å². The lowest BCUT2D eigenvalue weighted by Gasteiger charge is -2.32. The van der Waals surface area contributed by atoms with Gasteiger partial charge in [0.25, 0.3) is 5.91 Å². The lowest BCUT2D eigenvalue weighted by atomic mass is 10.1. The Balaban J connectivity index is 1.74. The summed E-state index contributed by atoms with van der Waals surface area (Å²) in [7, 11) is 0. The molecule has 1 fully saturated rings. The molecule has 0 saturated carbocycles. The van der Waals surface area contributed by atoms with Gasteiger partial charge in [0.1, 0.15) is 5.75 Å². The second-order valence-corrected chi connectivity index (χ2v) is 6.04. The lowest BCUT2D eigenvalue weighted by molar-refractivity contribution is -0.134. The van der Waals surface area contributed by atoms with Gasteiger partial charge >= 0.3 is 0 Å². The van der Waals surface area contributed by atoms with E-state index in [0.717, 1.165) is 31.4 Å². The van der Waals surface area contributed by atoms with Crippen LogP contribution in [-0.2, 0) is 16.0 Å². The summed E-state index contributed by atoms with van der Waals surface area (Å²) in [5, 5.41) is 2.91. The van der Waals surface area contributed by atoms with Gasteiger partial charge in [-0.05, 0) is 37.0 Å². The molecule has 1 heterocycles. The van der Waals surface area contributed by atoms with Crippen LogP contribution in [0.15, 0.2) is 24.3 Å². The smallest absolute Gasteiger partial charge is 0.260 e. The Morgan fingerprint density at radius 3 is 2.43 bits per heavy atom. The third-order valence-electron chi connectivity index (χ3n) is 4.08. The number of hydrogen-bond acceptors (Lipinski definition) is 3. The van der Waals surface area contributed by atoms with Gasteiger partial charge in [0.2, 0.25) is 5.91 Å². The maximum atomic E-state index is 12.2. The molecule has 5 heteroatoms. The molecular formula is C18H26N2O3. The average molecular weight is 318 g/mol. The standard InChI is InChI=1S/C18H26N2O3/c1-3-4-15-5-7-17(8-6-15)23-13-18(22)20-11-9-16(10-12-20)19-14(2)21/h5-8,16H,3-4,9-13H2,1-2H3,(H,19,21). The van der Waals surface area contributed by atoms with Crippen LogP contribution in [0.3, 0.4) is 0 Å². The van der Waals surface area contributed by atoms with Crippen molar-refractivity contribution in [3.63, 3.8) is 0 Å². The zero-order valence-electron chi connectivity index (χ0n) is 14.0. The van der Waals surface area contributed by atoms with Gasteiger partial charge in [-0.1, -0.05) is 25.5 Å². The maximum Gasteiger partial charge on any atom is 0.260 e. The molecule has 126 valence electrons. The fourth-order valence-electron chi connectivity index (χ4n) is 2.84. The van der Waals surface area contributed by atoms with Crippen molar-refractivity contribution in [2.24, 2.45) is 0 Å². The summed E-state index contributed by atoms with van der Waals surface area (Å²) in [4.78, 5) is 25.0. The number of carbonyl (C=O) groups excluding carboxylic acids is 2. The molecule has 0 spiro atoms. The number of benzene rings is 1. The second kappa shape index (κ2) is 8.56. The fraction of sp³-hybridized carbons (Fsp3) is 0.556. The zero-order chi connectivity index (χ0) is 16.7. The molecule has 2 amide bonds. The SMILES string of the molecule is CCCc1ccc(OCC(=O)N2CCC(NC(C)=O)CC2)cc1. The van der Waals surface area contributed by atoms with Crippen molar-refractivity contribution in [3.8, 4) is 5.75 Å². The molecule has 0 bridgehead atoms. The van der Waals surface area contributed by atoms with Gasteiger partial charge in [-0.2, -0.15) is 0 Å². The molecule has 0 atom stereocenters. The van der Waals surface area contributed by atoms with Crippen molar-refractivity contribution in [1.82, 2.24) is 10.2 Å². The molecular weight excluding hydrogens is 292 g/mol. The van der Waals surface area contributed by atoms with Crippen molar-refractivity contribution in [1.29, 1.82) is 0 Å². The van der Waals surface area contributed by atoms with Crippen molar-refractivity contribution in [2.45, 2.75) is 45.6 Å². The fourth-order valence-corrected chi connectivity index (χ4v) is 2.84. The summed E-state index contributed by atoms with van der Waals surface area (Å²) in [6.07, 6.45) is 3.78. The van der Waals surface area contributed by atoms with Crippen molar-refractivity contribution < 1.29 is 14.3 Å². The number of likely N-dealkylation sites (tertiary alicyclic amines) is 1. The molecule has 1 saturated heterocycles. The van der Waals surface area contributed by atoms with Crippen LogP contribution in [0.5, 0.6) is 5.75 Å². The largest absolute Gasteiger partial charge is 0.484 e. The minimum absolute atomic E-state index is 0.00362. The van der Waals surface area contributed by atoms with E-state index in [0.29, 0.717) is 13.1 Å². The molecule has 0 radical (unpaired) electrons. The first-order valence-corrected chi connectivity index (χ1v) is 8.35. The highest BCUT2D eigenvalue weighted by Gasteiger charge is 2.23. The topological polar surface area (TPSA) is 58.6 Å². The lowest BCUT2D eigenvalue weighted by Crippen LogP contribution is -2.47. The number of piperidine rings is 1. The van der Waals surface area contributed by atoms with Gasteiger partial charge in [0, 0.05) is 26.1 Å². The first-order chi connectivity index (χ1) is 11.1. The van der Waals surface area contributed by atoms with Crippen LogP contribution >= 0.6 is 0 Å². The third kappa shape index (κ3) is 5.58.